The highest BCUT2D eigenvalue weighted by molar-refractivity contribution is 5.60. The number of rotatable bonds is 12. The van der Waals surface area contributed by atoms with Crippen LogP contribution in [0, 0.1) is 5.92 Å². The number of ether oxygens (including phenoxy) is 1. The number of pyridine rings is 2. The molecule has 0 unspecified atom stereocenters. The van der Waals surface area contributed by atoms with Crippen LogP contribution in [0.15, 0.2) is 79.4 Å². The Morgan fingerprint density at radius 3 is 1.91 bits per heavy atom. The summed E-state index contributed by atoms with van der Waals surface area (Å²) in [4.78, 5) is 0. The van der Waals surface area contributed by atoms with Crippen molar-refractivity contribution < 1.29 is 13.9 Å². The first-order chi connectivity index (χ1) is 15.9. The first kappa shape index (κ1) is 22.7. The van der Waals surface area contributed by atoms with E-state index in [-0.39, 0.29) is 0 Å². The molecule has 168 valence electrons. The minimum absolute atomic E-state index is 0.832. The fourth-order valence-electron chi connectivity index (χ4n) is 4.63. The highest BCUT2D eigenvalue weighted by Gasteiger charge is 2.14. The monoisotopic (exact) mass is 430 g/mol. The van der Waals surface area contributed by atoms with Gasteiger partial charge >= 0.3 is 0 Å². The third-order valence-corrected chi connectivity index (χ3v) is 6.62. The van der Waals surface area contributed by atoms with E-state index in [1.165, 1.54) is 48.8 Å². The largest absolute Gasteiger partial charge is 0.381 e. The summed E-state index contributed by atoms with van der Waals surface area (Å²) in [6.07, 6.45) is 19.0. The lowest BCUT2D eigenvalue weighted by Crippen LogP contribution is -2.33. The molecule has 0 N–H and O–H groups in total. The lowest BCUT2D eigenvalue weighted by Gasteiger charge is -2.09. The summed E-state index contributed by atoms with van der Waals surface area (Å²) in [6, 6.07) is 19.6. The lowest BCUT2D eigenvalue weighted by atomic mass is 10.1. The molecule has 0 bridgehead atoms. The van der Waals surface area contributed by atoms with Crippen LogP contribution in [0.2, 0.25) is 0 Å². The summed E-state index contributed by atoms with van der Waals surface area (Å²) in [5, 5.41) is 0. The molecule has 0 atom stereocenters. The number of aromatic nitrogens is 2. The number of benzene rings is 1. The van der Waals surface area contributed by atoms with Gasteiger partial charge in [-0.2, -0.15) is 0 Å². The molecule has 4 rings (SSSR count). The van der Waals surface area contributed by atoms with Crippen LogP contribution in [0.3, 0.4) is 0 Å². The minimum Gasteiger partial charge on any atom is -0.381 e. The van der Waals surface area contributed by atoms with E-state index < -0.39 is 0 Å². The van der Waals surface area contributed by atoms with Crippen molar-refractivity contribution in [2.24, 2.45) is 5.92 Å². The quantitative estimate of drug-likeness (QED) is 0.272. The van der Waals surface area contributed by atoms with Crippen molar-refractivity contribution in [3.63, 3.8) is 0 Å². The van der Waals surface area contributed by atoms with E-state index in [0.29, 0.717) is 0 Å². The van der Waals surface area contributed by atoms with E-state index in [4.69, 9.17) is 4.74 Å². The maximum Gasteiger partial charge on any atom is 0.169 e. The third kappa shape index (κ3) is 7.27. The summed E-state index contributed by atoms with van der Waals surface area (Å²) in [6.45, 7) is 3.99. The zero-order valence-electron chi connectivity index (χ0n) is 19.4. The topological polar surface area (TPSA) is 17.0 Å². The Hall–Kier alpha value is -2.52. The van der Waals surface area contributed by atoms with Crippen LogP contribution < -0.4 is 9.13 Å². The van der Waals surface area contributed by atoms with Gasteiger partial charge in [0.15, 0.2) is 24.8 Å². The van der Waals surface area contributed by atoms with Gasteiger partial charge in [-0.15, -0.1) is 0 Å². The smallest absolute Gasteiger partial charge is 0.169 e. The van der Waals surface area contributed by atoms with Gasteiger partial charge in [-0.1, -0.05) is 43.2 Å². The van der Waals surface area contributed by atoms with Gasteiger partial charge in [0.1, 0.15) is 13.1 Å². The second kappa shape index (κ2) is 12.5. The van der Waals surface area contributed by atoms with E-state index in [0.717, 1.165) is 51.5 Å². The van der Waals surface area contributed by atoms with Gasteiger partial charge in [0.2, 0.25) is 0 Å². The van der Waals surface area contributed by atoms with Crippen molar-refractivity contribution in [2.45, 2.75) is 64.5 Å². The lowest BCUT2D eigenvalue weighted by molar-refractivity contribution is -0.697. The van der Waals surface area contributed by atoms with Gasteiger partial charge in [0.05, 0.1) is 0 Å². The molecule has 1 aliphatic carbocycles. The van der Waals surface area contributed by atoms with Gasteiger partial charge in [0.25, 0.3) is 0 Å². The second-order valence-corrected chi connectivity index (χ2v) is 9.17. The number of hydrogen-bond acceptors (Lipinski definition) is 1. The van der Waals surface area contributed by atoms with Gasteiger partial charge in [-0.05, 0) is 48.3 Å². The molecule has 1 saturated carbocycles. The SMILES string of the molecule is c1ccc(CCC[n+]2ccc(-c3cc[n+](CCCCOCC4CCCC4)cc3)cc2)cc1. The zero-order valence-corrected chi connectivity index (χ0v) is 19.4. The predicted octanol–water partition coefficient (Wildman–Crippen LogP) is 5.55. The number of hydrogen-bond donors (Lipinski definition) is 0. The Bertz CT molecular complexity index is 900. The third-order valence-electron chi connectivity index (χ3n) is 6.62. The van der Waals surface area contributed by atoms with Crippen LogP contribution in [0.25, 0.3) is 11.1 Å². The van der Waals surface area contributed by atoms with E-state index in [1.54, 1.807) is 0 Å². The minimum atomic E-state index is 0.832. The molecule has 3 heteroatoms. The highest BCUT2D eigenvalue weighted by atomic mass is 16.5. The molecule has 2 aromatic heterocycles. The molecule has 1 aliphatic rings. The molecule has 0 radical (unpaired) electrons. The first-order valence-electron chi connectivity index (χ1n) is 12.5. The molecule has 3 nitrogen and oxygen atoms in total. The average Bonchev–Trinajstić information content (AvgIpc) is 3.37. The number of unbranched alkanes of at least 4 members (excludes halogenated alkanes) is 1. The van der Waals surface area contributed by atoms with Crippen LogP contribution in [0.4, 0.5) is 0 Å². The number of aryl methyl sites for hydroxylation is 3. The van der Waals surface area contributed by atoms with E-state index in [2.05, 4.69) is 88.5 Å². The van der Waals surface area contributed by atoms with Gasteiger partial charge < -0.3 is 4.74 Å². The molecule has 0 amide bonds. The molecule has 0 aliphatic heterocycles. The highest BCUT2D eigenvalue weighted by Crippen LogP contribution is 2.24. The van der Waals surface area contributed by atoms with Crippen molar-refractivity contribution >= 4 is 0 Å². The van der Waals surface area contributed by atoms with Crippen LogP contribution >= 0.6 is 0 Å². The second-order valence-electron chi connectivity index (χ2n) is 9.17. The molecule has 3 aromatic rings. The molecule has 2 heterocycles. The predicted molar refractivity (Wildman–Crippen MR) is 129 cm³/mol. The van der Waals surface area contributed by atoms with E-state index in [9.17, 15) is 0 Å². The van der Waals surface area contributed by atoms with Crippen molar-refractivity contribution in [3.05, 3.63) is 84.9 Å². The molecular weight excluding hydrogens is 392 g/mol. The molecule has 32 heavy (non-hydrogen) atoms. The van der Waals surface area contributed by atoms with Crippen molar-refractivity contribution in [1.82, 2.24) is 0 Å². The zero-order chi connectivity index (χ0) is 21.8. The normalized spacial score (nSPS) is 14.1. The molecular formula is C29H38N2O+2. The molecule has 1 aromatic carbocycles. The van der Waals surface area contributed by atoms with Crippen molar-refractivity contribution in [3.8, 4) is 11.1 Å². The van der Waals surface area contributed by atoms with Crippen molar-refractivity contribution in [2.75, 3.05) is 13.2 Å². The van der Waals surface area contributed by atoms with Crippen LogP contribution in [0.1, 0.15) is 50.5 Å². The summed E-state index contributed by atoms with van der Waals surface area (Å²) >= 11 is 0. The average molecular weight is 431 g/mol. The maximum absolute atomic E-state index is 5.88. The Labute approximate surface area is 193 Å². The van der Waals surface area contributed by atoms with Crippen LogP contribution in [-0.4, -0.2) is 13.2 Å². The Morgan fingerprint density at radius 2 is 1.28 bits per heavy atom. The Kier molecular flexibility index (Phi) is 8.85. The Morgan fingerprint density at radius 1 is 0.688 bits per heavy atom. The van der Waals surface area contributed by atoms with Gasteiger partial charge in [0, 0.05) is 50.3 Å². The standard InChI is InChI=1S/C29H38N2O/c1-2-9-26(10-3-1)13-8-19-31-22-16-29(17-23-31)28-14-20-30(21-15-28)18-6-7-24-32-25-27-11-4-5-12-27/h1-3,9-10,14-17,20-23,27H,4-8,11-13,18-19,24-25H2/q+2. The summed E-state index contributed by atoms with van der Waals surface area (Å²) in [7, 11) is 0. The molecule has 1 fully saturated rings. The molecule has 0 spiro atoms. The summed E-state index contributed by atoms with van der Waals surface area (Å²) < 4.78 is 10.4. The van der Waals surface area contributed by atoms with Crippen LogP contribution in [0.5, 0.6) is 0 Å². The maximum atomic E-state index is 5.88. The first-order valence-corrected chi connectivity index (χ1v) is 12.5. The van der Waals surface area contributed by atoms with Gasteiger partial charge in [-0.25, -0.2) is 9.13 Å². The number of nitrogens with zero attached hydrogens (tertiary/aromatic N) is 2. The van der Waals surface area contributed by atoms with Crippen LogP contribution in [-0.2, 0) is 24.2 Å². The van der Waals surface area contributed by atoms with Gasteiger partial charge in [-0.3, -0.25) is 0 Å². The Balaban J connectivity index is 1.15. The fraction of sp³-hybridized carbons (Fsp3) is 0.448. The molecule has 0 saturated heterocycles. The van der Waals surface area contributed by atoms with E-state index in [1.807, 2.05) is 0 Å². The summed E-state index contributed by atoms with van der Waals surface area (Å²) in [5.41, 5.74) is 3.97. The van der Waals surface area contributed by atoms with E-state index >= 15 is 0 Å². The van der Waals surface area contributed by atoms with Crippen molar-refractivity contribution in [1.29, 1.82) is 0 Å². The fourth-order valence-corrected chi connectivity index (χ4v) is 4.63. The summed E-state index contributed by atoms with van der Waals surface area (Å²) in [5.74, 6) is 0.832.